The van der Waals surface area contributed by atoms with Crippen LogP contribution in [0.5, 0.6) is 0 Å². The number of rotatable bonds is 4. The lowest BCUT2D eigenvalue weighted by atomic mass is 10.1. The van der Waals surface area contributed by atoms with Gasteiger partial charge in [0.05, 0.1) is 11.1 Å². The van der Waals surface area contributed by atoms with Gasteiger partial charge in [-0.3, -0.25) is 19.4 Å². The lowest BCUT2D eigenvalue weighted by Crippen LogP contribution is -2.48. The number of hydrogen-bond acceptors (Lipinski definition) is 4. The monoisotopic (exact) mass is 386 g/mol. The Morgan fingerprint density at radius 3 is 2.56 bits per heavy atom. The van der Waals surface area contributed by atoms with E-state index >= 15 is 0 Å². The van der Waals surface area contributed by atoms with Crippen LogP contribution in [0.15, 0.2) is 36.7 Å². The molecule has 3 amide bonds. The number of hydrogen-bond donors (Lipinski definition) is 1. The highest BCUT2D eigenvalue weighted by Gasteiger charge is 2.22. The largest absolute Gasteiger partial charge is 0.342 e. The second-order valence-corrected chi connectivity index (χ2v) is 6.67. The molecule has 27 heavy (non-hydrogen) atoms. The van der Waals surface area contributed by atoms with E-state index in [0.29, 0.717) is 42.5 Å². The van der Waals surface area contributed by atoms with Crippen LogP contribution in [-0.2, 0) is 4.79 Å². The third kappa shape index (κ3) is 4.25. The van der Waals surface area contributed by atoms with Gasteiger partial charge in [-0.15, -0.1) is 0 Å². The van der Waals surface area contributed by atoms with Gasteiger partial charge in [-0.1, -0.05) is 17.7 Å². The van der Waals surface area contributed by atoms with Crippen molar-refractivity contribution in [1.29, 1.82) is 0 Å². The van der Waals surface area contributed by atoms with Gasteiger partial charge in [-0.05, 0) is 30.7 Å². The Bertz CT molecular complexity index is 879. The quantitative estimate of drug-likeness (QED) is 0.817. The molecule has 0 saturated carbocycles. The van der Waals surface area contributed by atoms with Gasteiger partial charge < -0.3 is 15.1 Å². The Labute approximate surface area is 161 Å². The molecule has 0 spiro atoms. The van der Waals surface area contributed by atoms with Gasteiger partial charge in [-0.2, -0.15) is 0 Å². The molecule has 1 aromatic heterocycles. The van der Waals surface area contributed by atoms with Crippen LogP contribution in [-0.4, -0.2) is 59.2 Å². The van der Waals surface area contributed by atoms with Crippen LogP contribution in [0.3, 0.4) is 0 Å². The molecule has 1 N–H and O–H groups in total. The molecule has 2 aromatic rings. The van der Waals surface area contributed by atoms with Crippen molar-refractivity contribution in [2.24, 2.45) is 0 Å². The molecule has 7 nitrogen and oxygen atoms in total. The van der Waals surface area contributed by atoms with E-state index in [9.17, 15) is 14.4 Å². The molecule has 1 aliphatic rings. The highest BCUT2D eigenvalue weighted by molar-refractivity contribution is 6.31. The number of anilines is 1. The van der Waals surface area contributed by atoms with Crippen LogP contribution in [0.1, 0.15) is 26.3 Å². The maximum Gasteiger partial charge on any atom is 0.257 e. The summed E-state index contributed by atoms with van der Waals surface area (Å²) in [6, 6.07) is 6.78. The number of carbonyl (C=O) groups is 3. The maximum atomic E-state index is 12.7. The first-order valence-electron chi connectivity index (χ1n) is 8.49. The molecule has 0 radical (unpaired) electrons. The molecule has 3 rings (SSSR count). The van der Waals surface area contributed by atoms with Gasteiger partial charge in [0.1, 0.15) is 0 Å². The number of pyridine rings is 1. The molecule has 1 aromatic carbocycles. The lowest BCUT2D eigenvalue weighted by molar-refractivity contribution is -0.119. The van der Waals surface area contributed by atoms with Crippen molar-refractivity contribution >= 4 is 35.5 Å². The number of carbonyl (C=O) groups excluding carboxylic acids is 3. The molecule has 0 unspecified atom stereocenters. The SMILES string of the molecule is Cc1c(Cl)cccc1NC(=O)c1cncc(C(=O)N2CCN(C=O)CC2)c1. The second-order valence-electron chi connectivity index (χ2n) is 6.26. The van der Waals surface area contributed by atoms with E-state index in [1.807, 2.05) is 6.92 Å². The van der Waals surface area contributed by atoms with Gasteiger partial charge in [-0.25, -0.2) is 0 Å². The predicted molar refractivity (Wildman–Crippen MR) is 102 cm³/mol. The number of piperazine rings is 1. The van der Waals surface area contributed by atoms with Crippen LogP contribution in [0.25, 0.3) is 0 Å². The molecular formula is C19H19ClN4O3. The summed E-state index contributed by atoms with van der Waals surface area (Å²) < 4.78 is 0. The van der Waals surface area contributed by atoms with Crippen LogP contribution in [0.2, 0.25) is 5.02 Å². The topological polar surface area (TPSA) is 82.6 Å². The first-order valence-corrected chi connectivity index (χ1v) is 8.87. The Kier molecular flexibility index (Phi) is 5.71. The molecule has 1 aliphatic heterocycles. The normalized spacial score (nSPS) is 14.0. The second kappa shape index (κ2) is 8.18. The summed E-state index contributed by atoms with van der Waals surface area (Å²) in [6.45, 7) is 3.72. The molecule has 2 heterocycles. The average molecular weight is 387 g/mol. The van der Waals surface area contributed by atoms with Gasteiger partial charge in [0, 0.05) is 49.3 Å². The Hall–Kier alpha value is -2.93. The van der Waals surface area contributed by atoms with Gasteiger partial charge in [0.25, 0.3) is 11.8 Å². The highest BCUT2D eigenvalue weighted by Crippen LogP contribution is 2.23. The van der Waals surface area contributed by atoms with Crippen LogP contribution >= 0.6 is 11.6 Å². The molecule has 0 aliphatic carbocycles. The van der Waals surface area contributed by atoms with Gasteiger partial charge in [0.2, 0.25) is 6.41 Å². The standard InChI is InChI=1S/C19H19ClN4O3/c1-13-16(20)3-2-4-17(13)22-18(26)14-9-15(11-21-10-14)19(27)24-7-5-23(12-25)6-8-24/h2-4,9-12H,5-8H2,1H3,(H,22,26). The number of nitrogens with one attached hydrogen (secondary N) is 1. The fraction of sp³-hybridized carbons (Fsp3) is 0.263. The summed E-state index contributed by atoms with van der Waals surface area (Å²) in [5.41, 5.74) is 1.99. The summed E-state index contributed by atoms with van der Waals surface area (Å²) in [6.07, 6.45) is 3.64. The summed E-state index contributed by atoms with van der Waals surface area (Å²) in [4.78, 5) is 43.3. The smallest absolute Gasteiger partial charge is 0.257 e. The van der Waals surface area contributed by atoms with Crippen LogP contribution < -0.4 is 5.32 Å². The number of halogens is 1. The minimum Gasteiger partial charge on any atom is -0.342 e. The minimum atomic E-state index is -0.367. The third-order valence-corrected chi connectivity index (χ3v) is 4.92. The predicted octanol–water partition coefficient (Wildman–Crippen LogP) is 2.21. The van der Waals surface area contributed by atoms with E-state index in [0.717, 1.165) is 12.0 Å². The van der Waals surface area contributed by atoms with Crippen molar-refractivity contribution < 1.29 is 14.4 Å². The maximum absolute atomic E-state index is 12.7. The summed E-state index contributed by atoms with van der Waals surface area (Å²) >= 11 is 6.08. The Morgan fingerprint density at radius 2 is 1.85 bits per heavy atom. The third-order valence-electron chi connectivity index (χ3n) is 4.51. The minimum absolute atomic E-state index is 0.207. The Morgan fingerprint density at radius 1 is 1.15 bits per heavy atom. The summed E-state index contributed by atoms with van der Waals surface area (Å²) in [5.74, 6) is -0.574. The summed E-state index contributed by atoms with van der Waals surface area (Å²) in [5, 5.41) is 3.35. The van der Waals surface area contributed by atoms with Crippen molar-refractivity contribution in [3.8, 4) is 0 Å². The van der Waals surface area contributed by atoms with E-state index in [4.69, 9.17) is 11.6 Å². The van der Waals surface area contributed by atoms with E-state index < -0.39 is 0 Å². The van der Waals surface area contributed by atoms with Gasteiger partial charge >= 0.3 is 0 Å². The molecule has 0 bridgehead atoms. The lowest BCUT2D eigenvalue weighted by Gasteiger charge is -2.32. The van der Waals surface area contributed by atoms with Crippen LogP contribution in [0, 0.1) is 6.92 Å². The Balaban J connectivity index is 1.73. The molecule has 8 heteroatoms. The molecular weight excluding hydrogens is 368 g/mol. The zero-order valence-corrected chi connectivity index (χ0v) is 15.6. The molecule has 1 saturated heterocycles. The van der Waals surface area contributed by atoms with E-state index in [1.165, 1.54) is 18.5 Å². The fourth-order valence-corrected chi connectivity index (χ4v) is 3.01. The van der Waals surface area contributed by atoms with Crippen LogP contribution in [0.4, 0.5) is 5.69 Å². The first kappa shape index (κ1) is 18.8. The van der Waals surface area contributed by atoms with E-state index in [2.05, 4.69) is 10.3 Å². The van der Waals surface area contributed by atoms with Crippen molar-refractivity contribution in [3.05, 3.63) is 58.4 Å². The van der Waals surface area contributed by atoms with Crippen molar-refractivity contribution in [2.45, 2.75) is 6.92 Å². The average Bonchev–Trinajstić information content (AvgIpc) is 2.71. The molecule has 0 atom stereocenters. The number of aromatic nitrogens is 1. The highest BCUT2D eigenvalue weighted by atomic mass is 35.5. The number of benzene rings is 1. The van der Waals surface area contributed by atoms with Crippen molar-refractivity contribution in [2.75, 3.05) is 31.5 Å². The van der Waals surface area contributed by atoms with Gasteiger partial charge in [0.15, 0.2) is 0 Å². The van der Waals surface area contributed by atoms with E-state index in [1.54, 1.807) is 28.0 Å². The molecule has 1 fully saturated rings. The number of nitrogens with zero attached hydrogens (tertiary/aromatic N) is 3. The summed E-state index contributed by atoms with van der Waals surface area (Å²) in [7, 11) is 0. The number of amides is 3. The first-order chi connectivity index (χ1) is 13.0. The zero-order chi connectivity index (χ0) is 19.4. The van der Waals surface area contributed by atoms with E-state index in [-0.39, 0.29) is 17.4 Å². The fourth-order valence-electron chi connectivity index (χ4n) is 2.83. The zero-order valence-electron chi connectivity index (χ0n) is 14.8. The van der Waals surface area contributed by atoms with Crippen molar-refractivity contribution in [3.63, 3.8) is 0 Å². The van der Waals surface area contributed by atoms with Crippen molar-refractivity contribution in [1.82, 2.24) is 14.8 Å². The molecule has 140 valence electrons.